The molecule has 0 bridgehead atoms. The summed E-state index contributed by atoms with van der Waals surface area (Å²) in [4.78, 5) is 14.6. The van der Waals surface area contributed by atoms with Gasteiger partial charge in [0, 0.05) is 29.9 Å². The molecule has 6 nitrogen and oxygen atoms in total. The molecular weight excluding hydrogens is 348 g/mol. The van der Waals surface area contributed by atoms with Crippen LogP contribution in [-0.2, 0) is 26.0 Å². The van der Waals surface area contributed by atoms with E-state index in [9.17, 15) is 13.2 Å². The number of methoxy groups -OCH3 is 1. The van der Waals surface area contributed by atoms with E-state index in [4.69, 9.17) is 4.74 Å². The summed E-state index contributed by atoms with van der Waals surface area (Å²) in [6, 6.07) is 8.61. The van der Waals surface area contributed by atoms with E-state index in [1.165, 1.54) is 18.4 Å². The number of rotatable bonds is 5. The molecular formula is C16H18N2O4S2. The Balaban J connectivity index is 1.82. The van der Waals surface area contributed by atoms with Crippen LogP contribution in [0.5, 0.6) is 0 Å². The fourth-order valence-corrected chi connectivity index (χ4v) is 5.02. The highest BCUT2D eigenvalue weighted by atomic mass is 32.2. The van der Waals surface area contributed by atoms with Crippen LogP contribution in [0.3, 0.4) is 0 Å². The molecule has 24 heavy (non-hydrogen) atoms. The van der Waals surface area contributed by atoms with Gasteiger partial charge in [-0.3, -0.25) is 9.52 Å². The maximum atomic E-state index is 12.4. The van der Waals surface area contributed by atoms with E-state index in [1.54, 1.807) is 35.2 Å². The van der Waals surface area contributed by atoms with Crippen molar-refractivity contribution < 1.29 is 17.9 Å². The van der Waals surface area contributed by atoms with Gasteiger partial charge in [0.2, 0.25) is 0 Å². The van der Waals surface area contributed by atoms with Gasteiger partial charge in [-0.25, -0.2) is 8.42 Å². The van der Waals surface area contributed by atoms with Gasteiger partial charge >= 0.3 is 0 Å². The van der Waals surface area contributed by atoms with E-state index in [2.05, 4.69) is 4.72 Å². The third-order valence-electron chi connectivity index (χ3n) is 3.78. The van der Waals surface area contributed by atoms with Gasteiger partial charge in [0.1, 0.15) is 10.8 Å². The van der Waals surface area contributed by atoms with E-state index < -0.39 is 10.0 Å². The smallest absolute Gasteiger partial charge is 0.271 e. The average Bonchev–Trinajstić information content (AvgIpc) is 3.13. The molecule has 0 unspecified atom stereocenters. The second-order valence-electron chi connectivity index (χ2n) is 5.54. The predicted octanol–water partition coefficient (Wildman–Crippen LogP) is 2.39. The Bertz CT molecular complexity index is 874. The third-order valence-corrected chi connectivity index (χ3v) is 6.65. The summed E-state index contributed by atoms with van der Waals surface area (Å²) < 4.78 is 32.6. The zero-order valence-electron chi connectivity index (χ0n) is 13.4. The quantitative estimate of drug-likeness (QED) is 0.882. The number of benzene rings is 1. The SMILES string of the molecule is COCC(=O)N1CCc2cc(NS(=O)(=O)c3ccc(C)s3)ccc21. The number of nitrogens with zero attached hydrogens (tertiary/aromatic N) is 1. The fraction of sp³-hybridized carbons (Fsp3) is 0.312. The molecule has 2 aromatic rings. The van der Waals surface area contributed by atoms with E-state index in [-0.39, 0.29) is 16.7 Å². The van der Waals surface area contributed by atoms with Gasteiger partial charge in [0.05, 0.1) is 0 Å². The number of hydrogen-bond donors (Lipinski definition) is 1. The standard InChI is InChI=1S/C16H18N2O4S2/c1-11-3-6-16(23-11)24(20,21)17-13-4-5-14-12(9-13)7-8-18(14)15(19)10-22-2/h3-6,9,17H,7-8,10H2,1-2H3. The molecule has 128 valence electrons. The first kappa shape index (κ1) is 16.9. The Morgan fingerprint density at radius 3 is 2.79 bits per heavy atom. The highest BCUT2D eigenvalue weighted by Gasteiger charge is 2.25. The molecule has 0 spiro atoms. The minimum atomic E-state index is -3.58. The number of carbonyl (C=O) groups is 1. The number of carbonyl (C=O) groups excluding carboxylic acids is 1. The van der Waals surface area contributed by atoms with E-state index in [1.807, 2.05) is 6.92 Å². The topological polar surface area (TPSA) is 75.7 Å². The molecule has 2 heterocycles. The van der Waals surface area contributed by atoms with Crippen LogP contribution in [0.25, 0.3) is 0 Å². The zero-order valence-corrected chi connectivity index (χ0v) is 15.0. The summed E-state index contributed by atoms with van der Waals surface area (Å²) in [5.74, 6) is -0.0985. The Labute approximate surface area is 145 Å². The number of aryl methyl sites for hydroxylation is 1. The molecule has 0 saturated carbocycles. The van der Waals surface area contributed by atoms with Crippen LogP contribution in [0.4, 0.5) is 11.4 Å². The summed E-state index contributed by atoms with van der Waals surface area (Å²) in [7, 11) is -2.10. The van der Waals surface area contributed by atoms with Crippen molar-refractivity contribution in [1.82, 2.24) is 0 Å². The number of amides is 1. The largest absolute Gasteiger partial charge is 0.375 e. The molecule has 8 heteroatoms. The molecule has 1 aliphatic heterocycles. The second-order valence-corrected chi connectivity index (χ2v) is 8.74. The number of sulfonamides is 1. The highest BCUT2D eigenvalue weighted by Crippen LogP contribution is 2.32. The molecule has 1 N–H and O–H groups in total. The summed E-state index contributed by atoms with van der Waals surface area (Å²) in [5, 5.41) is 0. The van der Waals surface area contributed by atoms with Crippen molar-refractivity contribution in [1.29, 1.82) is 0 Å². The van der Waals surface area contributed by atoms with Gasteiger partial charge in [0.15, 0.2) is 0 Å². The van der Waals surface area contributed by atoms with Crippen molar-refractivity contribution >= 4 is 38.6 Å². The van der Waals surface area contributed by atoms with Crippen LogP contribution in [0.1, 0.15) is 10.4 Å². The van der Waals surface area contributed by atoms with Gasteiger partial charge < -0.3 is 9.64 Å². The second kappa shape index (κ2) is 6.54. The van der Waals surface area contributed by atoms with Gasteiger partial charge in [0.25, 0.3) is 15.9 Å². The normalized spacial score (nSPS) is 13.8. The van der Waals surface area contributed by atoms with Gasteiger partial charge in [-0.2, -0.15) is 0 Å². The Kier molecular flexibility index (Phi) is 4.62. The third kappa shape index (κ3) is 3.31. The van der Waals surface area contributed by atoms with Gasteiger partial charge in [-0.15, -0.1) is 11.3 Å². The lowest BCUT2D eigenvalue weighted by atomic mass is 10.1. The van der Waals surface area contributed by atoms with Crippen LogP contribution in [0, 0.1) is 6.92 Å². The van der Waals surface area contributed by atoms with Crippen LogP contribution in [0.15, 0.2) is 34.5 Å². The number of nitrogens with one attached hydrogen (secondary N) is 1. The van der Waals surface area contributed by atoms with Crippen LogP contribution < -0.4 is 9.62 Å². The van der Waals surface area contributed by atoms with Crippen LogP contribution in [0.2, 0.25) is 0 Å². The average molecular weight is 366 g/mol. The lowest BCUT2D eigenvalue weighted by Crippen LogP contribution is -2.31. The van der Waals surface area contributed by atoms with Crippen molar-refractivity contribution in [2.45, 2.75) is 17.6 Å². The van der Waals surface area contributed by atoms with E-state index in [0.717, 1.165) is 16.1 Å². The zero-order chi connectivity index (χ0) is 17.3. The first-order valence-corrected chi connectivity index (χ1v) is 9.72. The summed E-state index contributed by atoms with van der Waals surface area (Å²) in [5.41, 5.74) is 2.26. The minimum Gasteiger partial charge on any atom is -0.375 e. The first-order chi connectivity index (χ1) is 11.4. The van der Waals surface area contributed by atoms with Crippen molar-refractivity contribution in [2.24, 2.45) is 0 Å². The van der Waals surface area contributed by atoms with Gasteiger partial charge in [-0.1, -0.05) is 0 Å². The molecule has 0 radical (unpaired) electrons. The monoisotopic (exact) mass is 366 g/mol. The lowest BCUT2D eigenvalue weighted by molar-refractivity contribution is -0.122. The van der Waals surface area contributed by atoms with Crippen molar-refractivity contribution in [2.75, 3.05) is 29.9 Å². The number of ether oxygens (including phenoxy) is 1. The van der Waals surface area contributed by atoms with Gasteiger partial charge in [-0.05, 0) is 49.2 Å². The number of hydrogen-bond acceptors (Lipinski definition) is 5. The molecule has 1 amide bonds. The number of thiophene rings is 1. The Morgan fingerprint density at radius 2 is 2.12 bits per heavy atom. The Hall–Kier alpha value is -1.90. The van der Waals surface area contributed by atoms with E-state index >= 15 is 0 Å². The van der Waals surface area contributed by atoms with Crippen molar-refractivity contribution in [3.63, 3.8) is 0 Å². The molecule has 1 aromatic carbocycles. The molecule has 1 aromatic heterocycles. The van der Waals surface area contributed by atoms with Crippen LogP contribution >= 0.6 is 11.3 Å². The summed E-state index contributed by atoms with van der Waals surface area (Å²) in [6.45, 7) is 2.48. The van der Waals surface area contributed by atoms with Crippen molar-refractivity contribution in [3.8, 4) is 0 Å². The van der Waals surface area contributed by atoms with E-state index in [0.29, 0.717) is 18.7 Å². The minimum absolute atomic E-state index is 0.0333. The number of fused-ring (bicyclic) bond motifs is 1. The molecule has 0 aliphatic carbocycles. The van der Waals surface area contributed by atoms with Crippen molar-refractivity contribution in [3.05, 3.63) is 40.8 Å². The first-order valence-electron chi connectivity index (χ1n) is 7.42. The molecule has 0 saturated heterocycles. The molecule has 0 atom stereocenters. The lowest BCUT2D eigenvalue weighted by Gasteiger charge is -2.17. The molecule has 1 aliphatic rings. The van der Waals surface area contributed by atoms with Crippen LogP contribution in [-0.4, -0.2) is 34.6 Å². The maximum absolute atomic E-state index is 12.4. The Morgan fingerprint density at radius 1 is 1.33 bits per heavy atom. The summed E-state index contributed by atoms with van der Waals surface area (Å²) >= 11 is 1.23. The predicted molar refractivity (Wildman–Crippen MR) is 94.2 cm³/mol. The maximum Gasteiger partial charge on any atom is 0.271 e. The highest BCUT2D eigenvalue weighted by molar-refractivity contribution is 7.94. The fourth-order valence-electron chi connectivity index (χ4n) is 2.69. The number of anilines is 2. The molecule has 3 rings (SSSR count). The summed E-state index contributed by atoms with van der Waals surface area (Å²) in [6.07, 6.45) is 0.693. The molecule has 0 fully saturated rings.